The molecule has 0 aliphatic carbocycles. The highest BCUT2D eigenvalue weighted by Gasteiger charge is 2.13. The molecular formula is C17H13FIN3O. The van der Waals surface area contributed by atoms with E-state index >= 15 is 0 Å². The third-order valence-corrected chi connectivity index (χ3v) is 4.23. The Morgan fingerprint density at radius 1 is 1.22 bits per heavy atom. The molecule has 0 unspecified atom stereocenters. The van der Waals surface area contributed by atoms with E-state index in [0.717, 1.165) is 5.56 Å². The fourth-order valence-corrected chi connectivity index (χ4v) is 2.93. The second-order valence-electron chi connectivity index (χ2n) is 4.94. The standard InChI is InChI=1S/C17H13FIN3O/c18-13-6-7-14(15(19)10-13)17(23)21-16-5-2-1-4-12(16)11-22-9-3-8-20-22/h1-10H,11H2,(H,21,23). The van der Waals surface area contributed by atoms with Crippen molar-refractivity contribution in [2.75, 3.05) is 5.32 Å². The van der Waals surface area contributed by atoms with Gasteiger partial charge in [0.2, 0.25) is 0 Å². The first-order valence-electron chi connectivity index (χ1n) is 6.95. The van der Waals surface area contributed by atoms with E-state index < -0.39 is 0 Å². The van der Waals surface area contributed by atoms with E-state index in [1.807, 2.05) is 59.1 Å². The Hall–Kier alpha value is -2.22. The lowest BCUT2D eigenvalue weighted by atomic mass is 10.1. The minimum absolute atomic E-state index is 0.262. The van der Waals surface area contributed by atoms with Gasteiger partial charge in [0, 0.05) is 21.7 Å². The third-order valence-electron chi connectivity index (χ3n) is 3.33. The van der Waals surface area contributed by atoms with Crippen molar-refractivity contribution in [2.45, 2.75) is 6.54 Å². The maximum absolute atomic E-state index is 13.2. The number of nitrogens with zero attached hydrogens (tertiary/aromatic N) is 2. The minimum atomic E-state index is -0.356. The van der Waals surface area contributed by atoms with Crippen molar-refractivity contribution in [1.82, 2.24) is 9.78 Å². The summed E-state index contributed by atoms with van der Waals surface area (Å²) in [6.07, 6.45) is 3.57. The van der Waals surface area contributed by atoms with Gasteiger partial charge in [0.1, 0.15) is 5.82 Å². The molecule has 0 bridgehead atoms. The van der Waals surface area contributed by atoms with Crippen LogP contribution in [0.4, 0.5) is 10.1 Å². The Balaban J connectivity index is 1.83. The summed E-state index contributed by atoms with van der Waals surface area (Å²) in [7, 11) is 0. The van der Waals surface area contributed by atoms with Crippen LogP contribution in [0.3, 0.4) is 0 Å². The van der Waals surface area contributed by atoms with E-state index in [4.69, 9.17) is 0 Å². The number of carbonyl (C=O) groups is 1. The average molecular weight is 421 g/mol. The van der Waals surface area contributed by atoms with Crippen LogP contribution in [0.15, 0.2) is 60.9 Å². The Bertz CT molecular complexity index is 834. The van der Waals surface area contributed by atoms with Gasteiger partial charge in [0.25, 0.3) is 5.91 Å². The van der Waals surface area contributed by atoms with Crippen molar-refractivity contribution in [1.29, 1.82) is 0 Å². The highest BCUT2D eigenvalue weighted by Crippen LogP contribution is 2.20. The zero-order valence-corrected chi connectivity index (χ0v) is 14.2. The minimum Gasteiger partial charge on any atom is -0.322 e. The Labute approximate surface area is 146 Å². The maximum Gasteiger partial charge on any atom is 0.256 e. The van der Waals surface area contributed by atoms with Gasteiger partial charge in [-0.25, -0.2) is 4.39 Å². The fraction of sp³-hybridized carbons (Fsp3) is 0.0588. The van der Waals surface area contributed by atoms with E-state index in [-0.39, 0.29) is 11.7 Å². The summed E-state index contributed by atoms with van der Waals surface area (Å²) in [4.78, 5) is 12.4. The van der Waals surface area contributed by atoms with Crippen LogP contribution >= 0.6 is 22.6 Å². The zero-order valence-electron chi connectivity index (χ0n) is 12.0. The number of hydrogen-bond donors (Lipinski definition) is 1. The molecule has 1 N–H and O–H groups in total. The van der Waals surface area contributed by atoms with Crippen molar-refractivity contribution < 1.29 is 9.18 Å². The zero-order chi connectivity index (χ0) is 16.2. The lowest BCUT2D eigenvalue weighted by Crippen LogP contribution is -2.15. The van der Waals surface area contributed by atoms with Gasteiger partial charge in [0.15, 0.2) is 0 Å². The van der Waals surface area contributed by atoms with Crippen LogP contribution < -0.4 is 5.32 Å². The predicted molar refractivity (Wildman–Crippen MR) is 94.8 cm³/mol. The van der Waals surface area contributed by atoms with Gasteiger partial charge >= 0.3 is 0 Å². The molecule has 2 aromatic carbocycles. The normalized spacial score (nSPS) is 10.5. The van der Waals surface area contributed by atoms with E-state index in [9.17, 15) is 9.18 Å². The molecule has 0 aliphatic rings. The molecule has 1 aromatic heterocycles. The average Bonchev–Trinajstić information content (AvgIpc) is 3.02. The number of para-hydroxylation sites is 1. The Kier molecular flexibility index (Phi) is 4.71. The van der Waals surface area contributed by atoms with Crippen molar-refractivity contribution in [3.8, 4) is 0 Å². The van der Waals surface area contributed by atoms with Crippen LogP contribution in [0.1, 0.15) is 15.9 Å². The highest BCUT2D eigenvalue weighted by atomic mass is 127. The maximum atomic E-state index is 13.2. The summed E-state index contributed by atoms with van der Waals surface area (Å²) in [6.45, 7) is 0.559. The lowest BCUT2D eigenvalue weighted by molar-refractivity contribution is 0.102. The molecule has 0 saturated carbocycles. The molecule has 0 aliphatic heterocycles. The second kappa shape index (κ2) is 6.91. The number of hydrogen-bond acceptors (Lipinski definition) is 2. The van der Waals surface area contributed by atoms with Crippen LogP contribution in [0.5, 0.6) is 0 Å². The molecule has 116 valence electrons. The first kappa shape index (κ1) is 15.7. The molecule has 0 saturated heterocycles. The molecule has 0 spiro atoms. The van der Waals surface area contributed by atoms with Gasteiger partial charge in [-0.1, -0.05) is 18.2 Å². The van der Waals surface area contributed by atoms with Crippen LogP contribution in [0.25, 0.3) is 0 Å². The molecule has 0 atom stereocenters. The fourth-order valence-electron chi connectivity index (χ4n) is 2.21. The largest absolute Gasteiger partial charge is 0.322 e. The third kappa shape index (κ3) is 3.76. The van der Waals surface area contributed by atoms with Crippen LogP contribution in [0, 0.1) is 9.39 Å². The number of amides is 1. The van der Waals surface area contributed by atoms with E-state index in [1.165, 1.54) is 18.2 Å². The summed E-state index contributed by atoms with van der Waals surface area (Å²) < 4.78 is 15.5. The summed E-state index contributed by atoms with van der Waals surface area (Å²) in [6, 6.07) is 13.5. The number of aromatic nitrogens is 2. The topological polar surface area (TPSA) is 46.9 Å². The number of benzene rings is 2. The van der Waals surface area contributed by atoms with Crippen LogP contribution in [0.2, 0.25) is 0 Å². The Morgan fingerprint density at radius 2 is 2.04 bits per heavy atom. The summed E-state index contributed by atoms with van der Waals surface area (Å²) >= 11 is 1.96. The number of anilines is 1. The van der Waals surface area contributed by atoms with E-state index in [1.54, 1.807) is 10.9 Å². The molecule has 0 radical (unpaired) electrons. The van der Waals surface area contributed by atoms with Crippen molar-refractivity contribution in [2.24, 2.45) is 0 Å². The molecule has 1 heterocycles. The first-order chi connectivity index (χ1) is 11.1. The van der Waals surface area contributed by atoms with Gasteiger partial charge in [0.05, 0.1) is 12.1 Å². The molecule has 3 aromatic rings. The van der Waals surface area contributed by atoms with Gasteiger partial charge in [-0.15, -0.1) is 0 Å². The van der Waals surface area contributed by atoms with E-state index in [0.29, 0.717) is 21.4 Å². The van der Waals surface area contributed by atoms with Gasteiger partial charge in [-0.3, -0.25) is 9.48 Å². The summed E-state index contributed by atoms with van der Waals surface area (Å²) in [5, 5.41) is 7.07. The van der Waals surface area contributed by atoms with Crippen LogP contribution in [-0.4, -0.2) is 15.7 Å². The van der Waals surface area contributed by atoms with Gasteiger partial charge in [-0.2, -0.15) is 5.10 Å². The quantitative estimate of drug-likeness (QED) is 0.650. The molecule has 6 heteroatoms. The molecule has 1 amide bonds. The molecule has 4 nitrogen and oxygen atoms in total. The molecule has 3 rings (SSSR count). The number of halogens is 2. The first-order valence-corrected chi connectivity index (χ1v) is 8.03. The summed E-state index contributed by atoms with van der Waals surface area (Å²) in [5.74, 6) is -0.618. The molecular weight excluding hydrogens is 408 g/mol. The van der Waals surface area contributed by atoms with Crippen molar-refractivity contribution >= 4 is 34.2 Å². The smallest absolute Gasteiger partial charge is 0.256 e. The number of nitrogens with one attached hydrogen (secondary N) is 1. The van der Waals surface area contributed by atoms with Gasteiger partial charge < -0.3 is 5.32 Å². The SMILES string of the molecule is O=C(Nc1ccccc1Cn1cccn1)c1ccc(F)cc1I. The van der Waals surface area contributed by atoms with Crippen molar-refractivity contribution in [3.05, 3.63) is 81.4 Å². The monoisotopic (exact) mass is 421 g/mol. The van der Waals surface area contributed by atoms with E-state index in [2.05, 4.69) is 10.4 Å². The highest BCUT2D eigenvalue weighted by molar-refractivity contribution is 14.1. The van der Waals surface area contributed by atoms with Crippen LogP contribution in [-0.2, 0) is 6.54 Å². The molecule has 23 heavy (non-hydrogen) atoms. The number of carbonyl (C=O) groups excluding carboxylic acids is 1. The molecule has 0 fully saturated rings. The van der Waals surface area contributed by atoms with Gasteiger partial charge in [-0.05, 0) is 58.5 Å². The summed E-state index contributed by atoms with van der Waals surface area (Å²) in [5.41, 5.74) is 2.11. The Morgan fingerprint density at radius 3 is 2.78 bits per heavy atom. The number of rotatable bonds is 4. The second-order valence-corrected chi connectivity index (χ2v) is 6.10. The van der Waals surface area contributed by atoms with Crippen molar-refractivity contribution in [3.63, 3.8) is 0 Å². The predicted octanol–water partition coefficient (Wildman–Crippen LogP) is 3.93. The lowest BCUT2D eigenvalue weighted by Gasteiger charge is -2.12.